The third-order valence-corrected chi connectivity index (χ3v) is 3.14. The largest absolute Gasteiger partial charge is 0.508 e. The summed E-state index contributed by atoms with van der Waals surface area (Å²) in [5.41, 5.74) is 6.07. The van der Waals surface area contributed by atoms with Gasteiger partial charge in [-0.1, -0.05) is 17.7 Å². The van der Waals surface area contributed by atoms with Crippen LogP contribution in [0.5, 0.6) is 5.75 Å². The minimum Gasteiger partial charge on any atom is -0.508 e. The summed E-state index contributed by atoms with van der Waals surface area (Å²) >= 11 is 0. The second-order valence-electron chi connectivity index (χ2n) is 5.00. The Labute approximate surface area is 129 Å². The molecule has 5 heteroatoms. The van der Waals surface area contributed by atoms with Crippen LogP contribution in [0.3, 0.4) is 0 Å². The highest BCUT2D eigenvalue weighted by Gasteiger charge is 2.02. The zero-order chi connectivity index (χ0) is 15.9. The van der Waals surface area contributed by atoms with Crippen LogP contribution >= 0.6 is 0 Å². The molecule has 0 aromatic heterocycles. The summed E-state index contributed by atoms with van der Waals surface area (Å²) in [5.74, 6) is -0.0263. The Hall–Kier alpha value is -2.82. The number of rotatable bonds is 5. The fraction of sp³-hybridized carbons (Fsp3) is 0.176. The number of nitrogens with zero attached hydrogens (tertiary/aromatic N) is 1. The Morgan fingerprint density at radius 2 is 1.73 bits per heavy atom. The van der Waals surface area contributed by atoms with Crippen LogP contribution in [0.4, 0.5) is 5.69 Å². The monoisotopic (exact) mass is 297 g/mol. The molecule has 0 bridgehead atoms. The maximum absolute atomic E-state index is 11.8. The van der Waals surface area contributed by atoms with Crippen molar-refractivity contribution in [2.24, 2.45) is 5.10 Å². The van der Waals surface area contributed by atoms with Crippen LogP contribution in [0.1, 0.15) is 18.1 Å². The van der Waals surface area contributed by atoms with Gasteiger partial charge in [0, 0.05) is 5.69 Å². The van der Waals surface area contributed by atoms with E-state index < -0.39 is 0 Å². The highest BCUT2D eigenvalue weighted by molar-refractivity contribution is 5.99. The number of aryl methyl sites for hydroxylation is 1. The number of nitrogens with one attached hydrogen (secondary N) is 2. The van der Waals surface area contributed by atoms with Gasteiger partial charge in [0.25, 0.3) is 5.91 Å². The third-order valence-electron chi connectivity index (χ3n) is 3.14. The number of phenols is 1. The number of hydrogen-bond donors (Lipinski definition) is 3. The zero-order valence-corrected chi connectivity index (χ0v) is 12.6. The normalized spacial score (nSPS) is 11.1. The van der Waals surface area contributed by atoms with Crippen molar-refractivity contribution in [3.8, 4) is 5.75 Å². The Kier molecular flexibility index (Phi) is 5.14. The predicted molar refractivity (Wildman–Crippen MR) is 88.1 cm³/mol. The Balaban J connectivity index is 1.85. The molecule has 3 N–H and O–H groups in total. The molecule has 5 nitrogen and oxygen atoms in total. The maximum atomic E-state index is 11.8. The molecule has 2 aromatic carbocycles. The van der Waals surface area contributed by atoms with E-state index in [4.69, 9.17) is 0 Å². The van der Waals surface area contributed by atoms with E-state index in [-0.39, 0.29) is 18.2 Å². The number of hydrazone groups is 1. The van der Waals surface area contributed by atoms with Crippen molar-refractivity contribution in [3.63, 3.8) is 0 Å². The Morgan fingerprint density at radius 1 is 1.09 bits per heavy atom. The highest BCUT2D eigenvalue weighted by atomic mass is 16.3. The first kappa shape index (κ1) is 15.6. The van der Waals surface area contributed by atoms with Crippen molar-refractivity contribution in [2.45, 2.75) is 13.8 Å². The van der Waals surface area contributed by atoms with Crippen molar-refractivity contribution in [1.29, 1.82) is 0 Å². The first-order chi connectivity index (χ1) is 10.5. The van der Waals surface area contributed by atoms with Gasteiger partial charge in [-0.25, -0.2) is 5.43 Å². The summed E-state index contributed by atoms with van der Waals surface area (Å²) < 4.78 is 0. The second kappa shape index (κ2) is 7.26. The zero-order valence-electron chi connectivity index (χ0n) is 12.6. The molecule has 1 amide bonds. The molecule has 0 saturated heterocycles. The summed E-state index contributed by atoms with van der Waals surface area (Å²) in [6.07, 6.45) is 0. The quantitative estimate of drug-likeness (QED) is 0.587. The van der Waals surface area contributed by atoms with Gasteiger partial charge in [0.1, 0.15) is 5.75 Å². The van der Waals surface area contributed by atoms with Crippen LogP contribution in [0.15, 0.2) is 53.6 Å². The number of carbonyl (C=O) groups is 1. The van der Waals surface area contributed by atoms with Gasteiger partial charge in [-0.05, 0) is 55.8 Å². The molecule has 114 valence electrons. The molecule has 0 fully saturated rings. The van der Waals surface area contributed by atoms with E-state index in [9.17, 15) is 9.90 Å². The van der Waals surface area contributed by atoms with Gasteiger partial charge in [-0.15, -0.1) is 0 Å². The Morgan fingerprint density at radius 3 is 2.36 bits per heavy atom. The van der Waals surface area contributed by atoms with E-state index in [0.29, 0.717) is 5.71 Å². The van der Waals surface area contributed by atoms with Crippen LogP contribution in [-0.2, 0) is 4.79 Å². The van der Waals surface area contributed by atoms with Crippen LogP contribution in [0, 0.1) is 6.92 Å². The van der Waals surface area contributed by atoms with Crippen molar-refractivity contribution in [3.05, 3.63) is 59.7 Å². The number of hydrogen-bond acceptors (Lipinski definition) is 4. The number of carbonyl (C=O) groups excluding carboxylic acids is 1. The first-order valence-corrected chi connectivity index (χ1v) is 6.97. The van der Waals surface area contributed by atoms with Crippen LogP contribution in [0.25, 0.3) is 0 Å². The summed E-state index contributed by atoms with van der Waals surface area (Å²) in [5, 5.41) is 16.3. The van der Waals surface area contributed by atoms with Crippen LogP contribution < -0.4 is 10.7 Å². The number of benzene rings is 2. The minimum atomic E-state index is -0.223. The minimum absolute atomic E-state index is 0.148. The second-order valence-corrected chi connectivity index (χ2v) is 5.00. The van der Waals surface area contributed by atoms with E-state index in [2.05, 4.69) is 15.8 Å². The molecule has 0 heterocycles. The van der Waals surface area contributed by atoms with E-state index in [1.807, 2.05) is 31.2 Å². The summed E-state index contributed by atoms with van der Waals surface area (Å²) in [6.45, 7) is 3.95. The van der Waals surface area contributed by atoms with Crippen LogP contribution in [-0.4, -0.2) is 23.3 Å². The van der Waals surface area contributed by atoms with Crippen molar-refractivity contribution in [1.82, 2.24) is 5.43 Å². The van der Waals surface area contributed by atoms with E-state index >= 15 is 0 Å². The summed E-state index contributed by atoms with van der Waals surface area (Å²) in [4.78, 5) is 11.8. The molecule has 0 aliphatic rings. The molecule has 0 radical (unpaired) electrons. The molecule has 22 heavy (non-hydrogen) atoms. The molecule has 2 aromatic rings. The number of aromatic hydroxyl groups is 1. The van der Waals surface area contributed by atoms with Gasteiger partial charge in [-0.2, -0.15) is 5.10 Å². The van der Waals surface area contributed by atoms with Gasteiger partial charge >= 0.3 is 0 Å². The van der Waals surface area contributed by atoms with E-state index in [0.717, 1.165) is 11.3 Å². The summed E-state index contributed by atoms with van der Waals surface area (Å²) in [6, 6.07) is 14.4. The lowest BCUT2D eigenvalue weighted by Gasteiger charge is -2.06. The maximum Gasteiger partial charge on any atom is 0.259 e. The lowest BCUT2D eigenvalue weighted by Crippen LogP contribution is -2.26. The molecular formula is C17H19N3O2. The number of phenolic OH excluding ortho intramolecular Hbond substituents is 1. The molecule has 0 atom stereocenters. The average Bonchev–Trinajstić information content (AvgIpc) is 2.52. The summed E-state index contributed by atoms with van der Waals surface area (Å²) in [7, 11) is 0. The lowest BCUT2D eigenvalue weighted by molar-refractivity contribution is -0.119. The van der Waals surface area contributed by atoms with Gasteiger partial charge < -0.3 is 10.4 Å². The topological polar surface area (TPSA) is 73.7 Å². The fourth-order valence-corrected chi connectivity index (χ4v) is 1.81. The SMILES string of the molecule is C/C(=N/NC(=O)CNc1ccc(C)cc1)c1ccc(O)cc1. The smallest absolute Gasteiger partial charge is 0.259 e. The standard InChI is InChI=1S/C17H19N3O2/c1-12-3-7-15(8-4-12)18-11-17(22)20-19-13(2)14-5-9-16(21)10-6-14/h3-10,18,21H,11H2,1-2H3,(H,20,22)/b19-13-. The van der Waals surface area contributed by atoms with Crippen LogP contribution in [0.2, 0.25) is 0 Å². The van der Waals surface area contributed by atoms with E-state index in [1.165, 1.54) is 5.56 Å². The lowest BCUT2D eigenvalue weighted by atomic mass is 10.1. The molecule has 2 rings (SSSR count). The van der Waals surface area contributed by atoms with Gasteiger partial charge in [-0.3, -0.25) is 4.79 Å². The van der Waals surface area contributed by atoms with Crippen molar-refractivity contribution in [2.75, 3.05) is 11.9 Å². The van der Waals surface area contributed by atoms with Crippen molar-refractivity contribution < 1.29 is 9.90 Å². The van der Waals surface area contributed by atoms with Gasteiger partial charge in [0.2, 0.25) is 0 Å². The van der Waals surface area contributed by atoms with E-state index in [1.54, 1.807) is 31.2 Å². The number of amides is 1. The first-order valence-electron chi connectivity index (χ1n) is 6.97. The van der Waals surface area contributed by atoms with Gasteiger partial charge in [0.15, 0.2) is 0 Å². The molecule has 0 saturated carbocycles. The third kappa shape index (κ3) is 4.63. The Bertz CT molecular complexity index is 661. The fourth-order valence-electron chi connectivity index (χ4n) is 1.81. The van der Waals surface area contributed by atoms with Crippen molar-refractivity contribution >= 4 is 17.3 Å². The number of anilines is 1. The average molecular weight is 297 g/mol. The molecule has 0 unspecified atom stereocenters. The molecule has 0 aliphatic carbocycles. The molecule has 0 aliphatic heterocycles. The molecule has 0 spiro atoms. The highest BCUT2D eigenvalue weighted by Crippen LogP contribution is 2.10. The molecular weight excluding hydrogens is 278 g/mol. The predicted octanol–water partition coefficient (Wildman–Crippen LogP) is 2.65. The van der Waals surface area contributed by atoms with Gasteiger partial charge in [0.05, 0.1) is 12.3 Å².